The number of carbonyl (C=O) groups excluding carboxylic acids is 1. The molecule has 0 bridgehead atoms. The average Bonchev–Trinajstić information content (AvgIpc) is 3.48. The Morgan fingerprint density at radius 2 is 1.93 bits per heavy atom. The maximum atomic E-state index is 14.3. The number of fused-ring (bicyclic) bond motifs is 3. The molecule has 0 saturated carbocycles. The van der Waals surface area contributed by atoms with E-state index in [2.05, 4.69) is 52.9 Å². The smallest absolute Gasteiger partial charge is 0.241 e. The van der Waals surface area contributed by atoms with Gasteiger partial charge in [-0.25, -0.2) is 22.3 Å². The molecule has 0 aliphatic carbocycles. The largest absolute Gasteiger partial charge is 0.379 e. The minimum absolute atomic E-state index is 0.0134. The monoisotopic (exact) mass is 641 g/mol. The fraction of sp³-hybridized carbons (Fsp3) is 0.594. The molecule has 0 spiro atoms. The van der Waals surface area contributed by atoms with Gasteiger partial charge in [0.25, 0.3) is 0 Å². The van der Waals surface area contributed by atoms with Gasteiger partial charge in [0.1, 0.15) is 11.6 Å². The Balaban J connectivity index is 1.34. The molecule has 2 saturated heterocycles. The van der Waals surface area contributed by atoms with Gasteiger partial charge in [0.2, 0.25) is 5.91 Å². The van der Waals surface area contributed by atoms with E-state index in [-0.39, 0.29) is 41.9 Å². The molecule has 244 valence electrons. The third kappa shape index (κ3) is 6.92. The Kier molecular flexibility index (Phi) is 8.76. The van der Waals surface area contributed by atoms with Crippen LogP contribution in [0.5, 0.6) is 0 Å². The van der Waals surface area contributed by atoms with Crippen molar-refractivity contribution in [2.75, 3.05) is 63.6 Å². The third-order valence-electron chi connectivity index (χ3n) is 9.20. The van der Waals surface area contributed by atoms with Gasteiger partial charge in [0, 0.05) is 74.5 Å². The van der Waals surface area contributed by atoms with Crippen molar-refractivity contribution in [1.82, 2.24) is 29.7 Å². The van der Waals surface area contributed by atoms with E-state index < -0.39 is 15.3 Å². The molecule has 1 N–H and O–H groups in total. The van der Waals surface area contributed by atoms with E-state index in [1.54, 1.807) is 16.6 Å². The fourth-order valence-corrected chi connectivity index (χ4v) is 7.55. The Bertz CT molecular complexity index is 1680. The van der Waals surface area contributed by atoms with Crippen LogP contribution in [0.25, 0.3) is 5.65 Å². The minimum atomic E-state index is -3.37. The Labute approximate surface area is 264 Å². The average molecular weight is 642 g/mol. The number of morpholine rings is 1. The molecule has 2 fully saturated rings. The first-order valence-electron chi connectivity index (χ1n) is 15.7. The van der Waals surface area contributed by atoms with Crippen LogP contribution in [0.2, 0.25) is 0 Å². The first kappa shape index (κ1) is 32.0. The molecule has 3 aliphatic rings. The molecule has 5 heterocycles. The molecule has 13 heteroatoms. The lowest BCUT2D eigenvalue weighted by molar-refractivity contribution is -0.121. The van der Waals surface area contributed by atoms with E-state index in [1.807, 2.05) is 11.0 Å². The molecule has 3 atom stereocenters. The molecule has 45 heavy (non-hydrogen) atoms. The number of aromatic nitrogens is 3. The number of rotatable bonds is 8. The Hall–Kier alpha value is -2.97. The summed E-state index contributed by atoms with van der Waals surface area (Å²) in [6.07, 6.45) is 1.59. The van der Waals surface area contributed by atoms with Gasteiger partial charge in [-0.15, -0.1) is 5.10 Å². The van der Waals surface area contributed by atoms with Gasteiger partial charge in [-0.3, -0.25) is 14.6 Å². The van der Waals surface area contributed by atoms with Crippen LogP contribution in [-0.4, -0.2) is 116 Å². The number of hydrogen-bond donors (Lipinski definition) is 1. The van der Waals surface area contributed by atoms with Crippen molar-refractivity contribution in [2.45, 2.75) is 63.4 Å². The molecule has 2 aromatic heterocycles. The zero-order valence-corrected chi connectivity index (χ0v) is 27.6. The van der Waals surface area contributed by atoms with Gasteiger partial charge < -0.3 is 15.0 Å². The summed E-state index contributed by atoms with van der Waals surface area (Å²) < 4.78 is 45.4. The molecule has 1 amide bonds. The number of nitrogens with one attached hydrogen (secondary N) is 1. The molecule has 0 radical (unpaired) electrons. The van der Waals surface area contributed by atoms with E-state index in [9.17, 15) is 17.6 Å². The molecule has 11 nitrogen and oxygen atoms in total. The summed E-state index contributed by atoms with van der Waals surface area (Å²) in [6.45, 7) is 14.0. The number of benzene rings is 1. The lowest BCUT2D eigenvalue weighted by Crippen LogP contribution is -2.62. The standard InChI is InChI=1S/C32H44FN7O4S/c1-21-15-38(26(14-34-21)16-37-10-11-44-18-22(37)2)17-29(41)39-20-32(3,4)30-27(39)13-24(12-23-6-8-25(33)9-7-23)31-35-28(36-40(30)31)19-45(5,42)43/h6-9,13,21-22,26,34H,10-12,14-20H2,1-5H3/t21-,22-,26-/m1/s1. The lowest BCUT2D eigenvalue weighted by Gasteiger charge is -2.43. The van der Waals surface area contributed by atoms with E-state index >= 15 is 0 Å². The number of anilines is 1. The van der Waals surface area contributed by atoms with Gasteiger partial charge in [0.05, 0.1) is 31.1 Å². The summed E-state index contributed by atoms with van der Waals surface area (Å²) in [5, 5.41) is 8.28. The van der Waals surface area contributed by atoms with Gasteiger partial charge in [0.15, 0.2) is 21.3 Å². The number of ether oxygens (including phenoxy) is 1. The first-order valence-corrected chi connectivity index (χ1v) is 17.8. The number of amides is 1. The van der Waals surface area contributed by atoms with E-state index in [4.69, 9.17) is 4.74 Å². The normalized spacial score (nSPS) is 24.3. The first-order chi connectivity index (χ1) is 21.3. The SMILES string of the molecule is C[C@@H]1CN(CC(=O)N2CC(C)(C)c3c2cc(Cc2ccc(F)cc2)c2nc(CS(C)(=O)=O)nn32)[C@@H](CN2CCOC[C@H]2C)CN1. The number of halogens is 1. The fourth-order valence-electron chi connectivity index (χ4n) is 6.96. The highest BCUT2D eigenvalue weighted by Gasteiger charge is 2.43. The quantitative estimate of drug-likeness (QED) is 0.395. The van der Waals surface area contributed by atoms with Crippen molar-refractivity contribution in [3.63, 3.8) is 0 Å². The van der Waals surface area contributed by atoms with Crippen LogP contribution < -0.4 is 10.2 Å². The predicted molar refractivity (Wildman–Crippen MR) is 171 cm³/mol. The van der Waals surface area contributed by atoms with Crippen LogP contribution in [-0.2, 0) is 37.0 Å². The highest BCUT2D eigenvalue weighted by atomic mass is 32.2. The number of hydrogen-bond acceptors (Lipinski definition) is 9. The molecule has 3 aliphatic heterocycles. The number of nitrogens with zero attached hydrogens (tertiary/aromatic N) is 6. The van der Waals surface area contributed by atoms with Crippen LogP contribution >= 0.6 is 0 Å². The zero-order valence-electron chi connectivity index (χ0n) is 26.8. The third-order valence-corrected chi connectivity index (χ3v) is 9.99. The van der Waals surface area contributed by atoms with Crippen LogP contribution in [0, 0.1) is 5.82 Å². The molecular weight excluding hydrogens is 597 g/mol. The van der Waals surface area contributed by atoms with E-state index in [0.29, 0.717) is 24.7 Å². The Morgan fingerprint density at radius 1 is 1.18 bits per heavy atom. The van der Waals surface area contributed by atoms with Gasteiger partial charge >= 0.3 is 0 Å². The van der Waals surface area contributed by atoms with Crippen molar-refractivity contribution in [3.8, 4) is 0 Å². The second-order valence-corrected chi connectivity index (χ2v) is 15.9. The summed E-state index contributed by atoms with van der Waals surface area (Å²) in [6, 6.07) is 9.06. The summed E-state index contributed by atoms with van der Waals surface area (Å²) in [5.74, 6) is -0.383. The molecule has 0 unspecified atom stereocenters. The number of sulfone groups is 1. The molecule has 3 aromatic rings. The van der Waals surface area contributed by atoms with Crippen molar-refractivity contribution in [2.24, 2.45) is 0 Å². The van der Waals surface area contributed by atoms with Crippen molar-refractivity contribution >= 4 is 27.1 Å². The zero-order chi connectivity index (χ0) is 32.1. The van der Waals surface area contributed by atoms with Gasteiger partial charge in [-0.2, -0.15) is 0 Å². The summed E-state index contributed by atoms with van der Waals surface area (Å²) >= 11 is 0. The van der Waals surface area contributed by atoms with E-state index in [1.165, 1.54) is 12.1 Å². The Morgan fingerprint density at radius 3 is 2.64 bits per heavy atom. The molecular formula is C32H44FN7O4S. The van der Waals surface area contributed by atoms with Crippen molar-refractivity contribution < 1.29 is 22.3 Å². The maximum Gasteiger partial charge on any atom is 0.241 e. The second-order valence-electron chi connectivity index (χ2n) is 13.7. The summed E-state index contributed by atoms with van der Waals surface area (Å²) in [7, 11) is -3.37. The highest BCUT2D eigenvalue weighted by molar-refractivity contribution is 7.89. The van der Waals surface area contributed by atoms with Crippen LogP contribution in [0.4, 0.5) is 10.1 Å². The lowest BCUT2D eigenvalue weighted by atomic mass is 9.90. The highest BCUT2D eigenvalue weighted by Crippen LogP contribution is 2.42. The molecule has 1 aromatic carbocycles. The van der Waals surface area contributed by atoms with Crippen molar-refractivity contribution in [1.29, 1.82) is 0 Å². The number of piperazine rings is 1. The van der Waals surface area contributed by atoms with Crippen molar-refractivity contribution in [3.05, 3.63) is 58.8 Å². The number of pyridine rings is 1. The van der Waals surface area contributed by atoms with Crippen LogP contribution in [0.3, 0.4) is 0 Å². The van der Waals surface area contributed by atoms with E-state index in [0.717, 1.165) is 68.2 Å². The number of carbonyl (C=O) groups is 1. The predicted octanol–water partition coefficient (Wildman–Crippen LogP) is 2.01. The maximum absolute atomic E-state index is 14.3. The minimum Gasteiger partial charge on any atom is -0.379 e. The van der Waals surface area contributed by atoms with Crippen LogP contribution in [0.15, 0.2) is 30.3 Å². The van der Waals surface area contributed by atoms with Gasteiger partial charge in [-0.1, -0.05) is 26.0 Å². The summed E-state index contributed by atoms with van der Waals surface area (Å²) in [4.78, 5) is 25.6. The topological polar surface area (TPSA) is 112 Å². The van der Waals surface area contributed by atoms with Gasteiger partial charge in [-0.05, 0) is 37.6 Å². The van der Waals surface area contributed by atoms with Crippen LogP contribution in [0.1, 0.15) is 50.3 Å². The summed E-state index contributed by atoms with van der Waals surface area (Å²) in [5.41, 5.74) is 3.33. The molecule has 6 rings (SSSR count). The second kappa shape index (κ2) is 12.3.